The number of carbonyl (C=O) groups is 1. The number of amides is 1. The Hall–Kier alpha value is -3.08. The van der Waals surface area contributed by atoms with E-state index in [0.717, 1.165) is 53.5 Å². The van der Waals surface area contributed by atoms with Gasteiger partial charge in [0.2, 0.25) is 5.56 Å². The predicted molar refractivity (Wildman–Crippen MR) is 146 cm³/mol. The van der Waals surface area contributed by atoms with Crippen molar-refractivity contribution in [3.63, 3.8) is 0 Å². The lowest BCUT2D eigenvalue weighted by molar-refractivity contribution is 0.122. The molecule has 0 bridgehead atoms. The summed E-state index contributed by atoms with van der Waals surface area (Å²) in [6.07, 6.45) is 0.772. The van der Waals surface area contributed by atoms with E-state index in [0.29, 0.717) is 26.3 Å². The predicted octanol–water partition coefficient (Wildman–Crippen LogP) is 5.05. The Balaban J connectivity index is 1.23. The first-order chi connectivity index (χ1) is 18.0. The molecule has 0 atom stereocenters. The molecule has 6 rings (SSSR count). The van der Waals surface area contributed by atoms with Gasteiger partial charge in [0.1, 0.15) is 0 Å². The molecule has 37 heavy (non-hydrogen) atoms. The number of morpholine rings is 1. The Labute approximate surface area is 223 Å². The van der Waals surface area contributed by atoms with Crippen LogP contribution in [0.25, 0.3) is 11.3 Å². The van der Waals surface area contributed by atoms with Crippen LogP contribution in [0.1, 0.15) is 12.8 Å². The molecule has 1 aromatic heterocycles. The lowest BCUT2D eigenvalue weighted by Gasteiger charge is -2.31. The second kappa shape index (κ2) is 10.4. The van der Waals surface area contributed by atoms with E-state index in [1.807, 2.05) is 6.07 Å². The number of hydrogen-bond acceptors (Lipinski definition) is 7. The summed E-state index contributed by atoms with van der Waals surface area (Å²) in [6, 6.07) is 16.7. The highest BCUT2D eigenvalue weighted by molar-refractivity contribution is 8.05. The van der Waals surface area contributed by atoms with E-state index in [9.17, 15) is 14.7 Å². The standard InChI is InChI=1S/C27H28N4O4S2/c32-25-16-19(30-10-12-35-13-11-30)15-21(29-25)20-2-1-3-23-26(20)37-22-5-4-18(14-24(22)36-23)28-17-6-8-31(9-7-17)27(33)34/h1-5,14-17,28H,6-13H2,(H,29,32)(H,33,34). The molecule has 3 aromatic rings. The molecule has 0 saturated carbocycles. The molecule has 3 N–H and O–H groups in total. The molecule has 1 amide bonds. The Bertz CT molecular complexity index is 1380. The fraction of sp³-hybridized carbons (Fsp3) is 0.333. The number of nitrogens with one attached hydrogen (secondary N) is 2. The summed E-state index contributed by atoms with van der Waals surface area (Å²) in [7, 11) is 0. The molecule has 8 nitrogen and oxygen atoms in total. The van der Waals surface area contributed by atoms with Gasteiger partial charge in [-0.1, -0.05) is 35.7 Å². The molecule has 2 aromatic carbocycles. The van der Waals surface area contributed by atoms with Gasteiger partial charge in [0, 0.05) is 74.8 Å². The van der Waals surface area contributed by atoms with Crippen LogP contribution >= 0.6 is 23.5 Å². The zero-order valence-electron chi connectivity index (χ0n) is 20.2. The molecule has 0 aliphatic carbocycles. The average molecular weight is 537 g/mol. The number of hydrogen-bond donors (Lipinski definition) is 3. The van der Waals surface area contributed by atoms with Crippen LogP contribution in [-0.4, -0.2) is 66.5 Å². The van der Waals surface area contributed by atoms with Gasteiger partial charge in [0.25, 0.3) is 0 Å². The third kappa shape index (κ3) is 5.18. The van der Waals surface area contributed by atoms with Gasteiger partial charge in [-0.15, -0.1) is 0 Å². The van der Waals surface area contributed by atoms with E-state index in [-0.39, 0.29) is 11.6 Å². The Morgan fingerprint density at radius 2 is 1.78 bits per heavy atom. The molecule has 0 radical (unpaired) electrons. The number of benzene rings is 2. The van der Waals surface area contributed by atoms with Crippen LogP contribution in [0.4, 0.5) is 16.2 Å². The minimum Gasteiger partial charge on any atom is -0.465 e. The summed E-state index contributed by atoms with van der Waals surface area (Å²) < 4.78 is 5.48. The number of fused-ring (bicyclic) bond motifs is 2. The van der Waals surface area contributed by atoms with Gasteiger partial charge in [-0.25, -0.2) is 4.79 Å². The van der Waals surface area contributed by atoms with Gasteiger partial charge in [0.15, 0.2) is 0 Å². The molecule has 3 aliphatic heterocycles. The minimum atomic E-state index is -0.837. The maximum atomic E-state index is 12.6. The molecule has 10 heteroatoms. The number of aromatic amines is 1. The van der Waals surface area contributed by atoms with Crippen LogP contribution in [-0.2, 0) is 4.74 Å². The largest absolute Gasteiger partial charge is 0.465 e. The van der Waals surface area contributed by atoms with E-state index in [4.69, 9.17) is 4.74 Å². The van der Waals surface area contributed by atoms with Gasteiger partial charge >= 0.3 is 6.09 Å². The summed E-state index contributed by atoms with van der Waals surface area (Å²) in [4.78, 5) is 35.2. The molecular weight excluding hydrogens is 508 g/mol. The number of likely N-dealkylation sites (tertiary alicyclic amines) is 1. The Morgan fingerprint density at radius 1 is 0.973 bits per heavy atom. The molecule has 4 heterocycles. The number of anilines is 2. The summed E-state index contributed by atoms with van der Waals surface area (Å²) in [6.45, 7) is 4.03. The highest BCUT2D eigenvalue weighted by Crippen LogP contribution is 2.52. The van der Waals surface area contributed by atoms with Crippen LogP contribution in [0.2, 0.25) is 0 Å². The van der Waals surface area contributed by atoms with Crippen molar-refractivity contribution in [3.05, 3.63) is 58.9 Å². The second-order valence-electron chi connectivity index (χ2n) is 9.40. The van der Waals surface area contributed by atoms with Crippen LogP contribution in [0, 0.1) is 0 Å². The SMILES string of the molecule is O=C(O)N1CCC(Nc2ccc3c(c2)Sc2cccc(-c4cc(N5CCOCC5)cc(=O)[nH]4)c2S3)CC1. The van der Waals surface area contributed by atoms with Gasteiger partial charge in [0.05, 0.1) is 18.9 Å². The normalized spacial score (nSPS) is 17.7. The average Bonchev–Trinajstić information content (AvgIpc) is 2.92. The Morgan fingerprint density at radius 3 is 2.57 bits per heavy atom. The van der Waals surface area contributed by atoms with Crippen molar-refractivity contribution in [2.24, 2.45) is 0 Å². The highest BCUT2D eigenvalue weighted by atomic mass is 32.2. The molecule has 3 aliphatic rings. The lowest BCUT2D eigenvalue weighted by Crippen LogP contribution is -2.41. The van der Waals surface area contributed by atoms with E-state index in [1.54, 1.807) is 29.6 Å². The van der Waals surface area contributed by atoms with Crippen molar-refractivity contribution >= 4 is 41.0 Å². The summed E-state index contributed by atoms with van der Waals surface area (Å²) in [5.74, 6) is 0. The van der Waals surface area contributed by atoms with Crippen LogP contribution in [0.3, 0.4) is 0 Å². The molecule has 192 valence electrons. The highest BCUT2D eigenvalue weighted by Gasteiger charge is 2.24. The Kier molecular flexibility index (Phi) is 6.79. The van der Waals surface area contributed by atoms with E-state index in [1.165, 1.54) is 19.6 Å². The van der Waals surface area contributed by atoms with E-state index < -0.39 is 6.09 Å². The maximum Gasteiger partial charge on any atom is 0.407 e. The van der Waals surface area contributed by atoms with Crippen molar-refractivity contribution < 1.29 is 14.6 Å². The summed E-state index contributed by atoms with van der Waals surface area (Å²) >= 11 is 3.48. The third-order valence-corrected chi connectivity index (χ3v) is 9.58. The van der Waals surface area contributed by atoms with Gasteiger partial charge in [-0.2, -0.15) is 0 Å². The summed E-state index contributed by atoms with van der Waals surface area (Å²) in [5.41, 5.74) is 3.74. The number of rotatable bonds is 4. The smallest absolute Gasteiger partial charge is 0.407 e. The first-order valence-electron chi connectivity index (χ1n) is 12.5. The van der Waals surface area contributed by atoms with E-state index in [2.05, 4.69) is 51.6 Å². The lowest BCUT2D eigenvalue weighted by atomic mass is 10.1. The van der Waals surface area contributed by atoms with E-state index >= 15 is 0 Å². The number of pyridine rings is 1. The third-order valence-electron chi connectivity index (χ3n) is 6.99. The van der Waals surface area contributed by atoms with Crippen LogP contribution < -0.4 is 15.8 Å². The van der Waals surface area contributed by atoms with Crippen molar-refractivity contribution in [1.29, 1.82) is 0 Å². The monoisotopic (exact) mass is 536 g/mol. The van der Waals surface area contributed by atoms with Crippen molar-refractivity contribution in [2.75, 3.05) is 49.6 Å². The number of carboxylic acid groups (broad SMARTS) is 1. The zero-order valence-corrected chi connectivity index (χ0v) is 21.9. The fourth-order valence-electron chi connectivity index (χ4n) is 5.03. The zero-order chi connectivity index (χ0) is 25.4. The maximum absolute atomic E-state index is 12.6. The van der Waals surface area contributed by atoms with Gasteiger partial charge in [-0.3, -0.25) is 4.79 Å². The van der Waals surface area contributed by atoms with Crippen molar-refractivity contribution in [2.45, 2.75) is 38.5 Å². The number of aromatic nitrogens is 1. The van der Waals surface area contributed by atoms with Crippen LogP contribution in [0.15, 0.2) is 72.9 Å². The second-order valence-corrected chi connectivity index (χ2v) is 11.5. The van der Waals surface area contributed by atoms with Crippen LogP contribution in [0.5, 0.6) is 0 Å². The number of piperidine rings is 1. The van der Waals surface area contributed by atoms with Crippen molar-refractivity contribution in [1.82, 2.24) is 9.88 Å². The number of nitrogens with zero attached hydrogens (tertiary/aromatic N) is 2. The van der Waals surface area contributed by atoms with Gasteiger partial charge in [-0.05, 0) is 43.2 Å². The molecular formula is C27H28N4O4S2. The molecule has 2 saturated heterocycles. The quantitative estimate of drug-likeness (QED) is 0.333. The molecule has 2 fully saturated rings. The topological polar surface area (TPSA) is 97.9 Å². The molecule has 0 unspecified atom stereocenters. The minimum absolute atomic E-state index is 0.102. The molecule has 0 spiro atoms. The number of H-pyrrole nitrogens is 1. The number of ether oxygens (including phenoxy) is 1. The first-order valence-corrected chi connectivity index (χ1v) is 14.1. The summed E-state index contributed by atoms with van der Waals surface area (Å²) in [5, 5.41) is 12.8. The van der Waals surface area contributed by atoms with Crippen molar-refractivity contribution in [3.8, 4) is 11.3 Å². The fourth-order valence-corrected chi connectivity index (χ4v) is 7.45. The van der Waals surface area contributed by atoms with Gasteiger partial charge < -0.3 is 29.9 Å². The first kappa shape index (κ1) is 24.3.